The van der Waals surface area contributed by atoms with Gasteiger partial charge in [0.25, 0.3) is 5.78 Å². The SMILES string of the molecule is Cc1cc(C)c2[nH]c(C(F)(F)F)c(C(=O)C(F)(F)F)c2c1. The molecule has 0 aliphatic rings. The van der Waals surface area contributed by atoms with Crippen LogP contribution in [0.3, 0.4) is 0 Å². The third-order valence-corrected chi connectivity index (χ3v) is 3.02. The number of carbonyl (C=O) groups is 1. The quantitative estimate of drug-likeness (QED) is 0.608. The minimum atomic E-state index is -5.38. The van der Waals surface area contributed by atoms with Crippen LogP contribution in [0.1, 0.15) is 27.2 Å². The number of H-pyrrole nitrogens is 1. The molecule has 1 aromatic carbocycles. The number of hydrogen-bond donors (Lipinski definition) is 1. The lowest BCUT2D eigenvalue weighted by Crippen LogP contribution is -2.25. The molecule has 1 heterocycles. The fourth-order valence-corrected chi connectivity index (χ4v) is 2.24. The van der Waals surface area contributed by atoms with Crippen molar-refractivity contribution in [1.29, 1.82) is 0 Å². The maximum absolute atomic E-state index is 12.9. The summed E-state index contributed by atoms with van der Waals surface area (Å²) in [5, 5.41) is -0.373. The Balaban J connectivity index is 2.91. The molecule has 0 radical (unpaired) electrons. The lowest BCUT2D eigenvalue weighted by molar-refractivity contribution is -0.141. The van der Waals surface area contributed by atoms with E-state index >= 15 is 0 Å². The fraction of sp³-hybridized carbons (Fsp3) is 0.308. The first-order chi connectivity index (χ1) is 9.43. The number of alkyl halides is 6. The number of halogens is 6. The predicted octanol–water partition coefficient (Wildman–Crippen LogP) is 4.55. The molecule has 2 rings (SSSR count). The zero-order valence-electron chi connectivity index (χ0n) is 10.8. The van der Waals surface area contributed by atoms with E-state index in [9.17, 15) is 31.1 Å². The number of aryl methyl sites for hydroxylation is 2. The zero-order valence-corrected chi connectivity index (χ0v) is 10.8. The standard InChI is InChI=1S/C13H9F6NO/c1-5-3-6(2)9-7(4-5)8(11(21)13(17,18)19)10(20-9)12(14,15)16/h3-4,20H,1-2H3. The molecule has 0 fully saturated rings. The second kappa shape index (κ2) is 4.51. The third-order valence-electron chi connectivity index (χ3n) is 3.02. The van der Waals surface area contributed by atoms with Crippen LogP contribution in [0.5, 0.6) is 0 Å². The predicted molar refractivity (Wildman–Crippen MR) is 63.2 cm³/mol. The largest absolute Gasteiger partial charge is 0.454 e. The number of fused-ring (bicyclic) bond motifs is 1. The summed E-state index contributed by atoms with van der Waals surface area (Å²) in [6.07, 6.45) is -10.5. The van der Waals surface area contributed by atoms with Crippen molar-refractivity contribution in [3.63, 3.8) is 0 Å². The van der Waals surface area contributed by atoms with Crippen molar-refractivity contribution in [3.05, 3.63) is 34.5 Å². The molecule has 0 saturated carbocycles. The monoisotopic (exact) mass is 309 g/mol. The summed E-state index contributed by atoms with van der Waals surface area (Å²) in [7, 11) is 0. The highest BCUT2D eigenvalue weighted by Crippen LogP contribution is 2.39. The van der Waals surface area contributed by atoms with Crippen molar-refractivity contribution in [2.45, 2.75) is 26.2 Å². The Morgan fingerprint density at radius 3 is 2.10 bits per heavy atom. The summed E-state index contributed by atoms with van der Waals surface area (Å²) < 4.78 is 76.5. The first-order valence-corrected chi connectivity index (χ1v) is 5.74. The first-order valence-electron chi connectivity index (χ1n) is 5.74. The highest BCUT2D eigenvalue weighted by atomic mass is 19.4. The molecule has 1 N–H and O–H groups in total. The van der Waals surface area contributed by atoms with Crippen LogP contribution in [0.15, 0.2) is 12.1 Å². The topological polar surface area (TPSA) is 32.9 Å². The van der Waals surface area contributed by atoms with E-state index in [2.05, 4.69) is 0 Å². The van der Waals surface area contributed by atoms with Crippen LogP contribution in [0.4, 0.5) is 26.3 Å². The van der Waals surface area contributed by atoms with Gasteiger partial charge in [-0.05, 0) is 25.5 Å². The Hall–Kier alpha value is -1.99. The van der Waals surface area contributed by atoms with Gasteiger partial charge in [0.15, 0.2) is 0 Å². The van der Waals surface area contributed by atoms with Gasteiger partial charge in [-0.2, -0.15) is 26.3 Å². The molecule has 21 heavy (non-hydrogen) atoms. The number of hydrogen-bond acceptors (Lipinski definition) is 1. The van der Waals surface area contributed by atoms with Gasteiger partial charge in [-0.25, -0.2) is 0 Å². The van der Waals surface area contributed by atoms with Crippen LogP contribution >= 0.6 is 0 Å². The molecule has 0 bridgehead atoms. The highest BCUT2D eigenvalue weighted by Gasteiger charge is 2.47. The maximum Gasteiger partial charge on any atom is 0.454 e. The van der Waals surface area contributed by atoms with E-state index < -0.39 is 29.4 Å². The Labute approximate surface area is 114 Å². The minimum Gasteiger partial charge on any atom is -0.350 e. The number of aromatic nitrogens is 1. The molecule has 8 heteroatoms. The average Bonchev–Trinajstić information content (AvgIpc) is 2.65. The molecule has 0 amide bonds. The average molecular weight is 309 g/mol. The first kappa shape index (κ1) is 15.4. The number of carbonyl (C=O) groups excluding carboxylic acids is 1. The second-order valence-corrected chi connectivity index (χ2v) is 4.70. The number of ketones is 1. The molecule has 0 aliphatic carbocycles. The Morgan fingerprint density at radius 1 is 1.05 bits per heavy atom. The van der Waals surface area contributed by atoms with E-state index in [4.69, 9.17) is 0 Å². The fourth-order valence-electron chi connectivity index (χ4n) is 2.24. The van der Waals surface area contributed by atoms with Crippen molar-refractivity contribution in [2.24, 2.45) is 0 Å². The highest BCUT2D eigenvalue weighted by molar-refractivity contribution is 6.12. The van der Waals surface area contributed by atoms with Crippen molar-refractivity contribution in [2.75, 3.05) is 0 Å². The van der Waals surface area contributed by atoms with Gasteiger partial charge >= 0.3 is 12.4 Å². The third kappa shape index (κ3) is 2.62. The summed E-state index contributed by atoms with van der Waals surface area (Å²) in [5.74, 6) is -2.51. The van der Waals surface area contributed by atoms with Crippen LogP contribution in [0.2, 0.25) is 0 Å². The molecule has 114 valence electrons. The van der Waals surface area contributed by atoms with Crippen LogP contribution in [-0.2, 0) is 6.18 Å². The summed E-state index contributed by atoms with van der Waals surface area (Å²) in [6.45, 7) is 2.97. The molecule has 0 unspecified atom stereocenters. The van der Waals surface area contributed by atoms with Gasteiger partial charge < -0.3 is 4.98 Å². The Bertz CT molecular complexity index is 723. The van der Waals surface area contributed by atoms with Gasteiger partial charge in [0, 0.05) is 10.9 Å². The van der Waals surface area contributed by atoms with E-state index in [-0.39, 0.29) is 10.9 Å². The molecule has 2 nitrogen and oxygen atoms in total. The van der Waals surface area contributed by atoms with Crippen molar-refractivity contribution in [3.8, 4) is 0 Å². The molecule has 1 aromatic heterocycles. The lowest BCUT2D eigenvalue weighted by atomic mass is 10.0. The lowest BCUT2D eigenvalue weighted by Gasteiger charge is -2.09. The van der Waals surface area contributed by atoms with E-state index in [1.807, 2.05) is 4.98 Å². The zero-order chi connectivity index (χ0) is 16.2. The van der Waals surface area contributed by atoms with Crippen molar-refractivity contribution < 1.29 is 31.1 Å². The van der Waals surface area contributed by atoms with Crippen LogP contribution in [-0.4, -0.2) is 16.9 Å². The molecule has 0 aliphatic heterocycles. The maximum atomic E-state index is 12.9. The summed E-state index contributed by atoms with van der Waals surface area (Å²) in [6, 6.07) is 2.65. The number of nitrogens with one attached hydrogen (secondary N) is 1. The van der Waals surface area contributed by atoms with Crippen LogP contribution in [0, 0.1) is 13.8 Å². The number of rotatable bonds is 1. The molecule has 2 aromatic rings. The van der Waals surface area contributed by atoms with Crippen molar-refractivity contribution in [1.82, 2.24) is 4.98 Å². The summed E-state index contributed by atoms with van der Waals surface area (Å²) in [5.41, 5.74) is -2.38. The minimum absolute atomic E-state index is 0.125. The van der Waals surface area contributed by atoms with E-state index in [1.165, 1.54) is 19.9 Å². The number of Topliss-reactive ketones (excluding diaryl/α,β-unsaturated/α-hetero) is 1. The second-order valence-electron chi connectivity index (χ2n) is 4.70. The molecular weight excluding hydrogens is 300 g/mol. The molecular formula is C13H9F6NO. The molecule has 0 saturated heterocycles. The molecule has 0 atom stereocenters. The van der Waals surface area contributed by atoms with Gasteiger partial charge in [-0.15, -0.1) is 0 Å². The van der Waals surface area contributed by atoms with Gasteiger partial charge in [-0.3, -0.25) is 4.79 Å². The summed E-state index contributed by atoms with van der Waals surface area (Å²) >= 11 is 0. The van der Waals surface area contributed by atoms with Crippen LogP contribution in [0.25, 0.3) is 10.9 Å². The van der Waals surface area contributed by atoms with Gasteiger partial charge in [0.05, 0.1) is 5.56 Å². The van der Waals surface area contributed by atoms with E-state index in [0.29, 0.717) is 11.1 Å². The van der Waals surface area contributed by atoms with E-state index in [0.717, 1.165) is 6.07 Å². The number of aromatic amines is 1. The smallest absolute Gasteiger partial charge is 0.350 e. The Kier molecular flexibility index (Phi) is 3.30. The van der Waals surface area contributed by atoms with E-state index in [1.54, 1.807) is 0 Å². The number of benzene rings is 1. The van der Waals surface area contributed by atoms with Gasteiger partial charge in [0.2, 0.25) is 0 Å². The Morgan fingerprint density at radius 2 is 1.62 bits per heavy atom. The van der Waals surface area contributed by atoms with Crippen LogP contribution < -0.4 is 0 Å². The molecule has 0 spiro atoms. The van der Waals surface area contributed by atoms with Gasteiger partial charge in [0.1, 0.15) is 5.69 Å². The summed E-state index contributed by atoms with van der Waals surface area (Å²) in [4.78, 5) is 13.3. The normalized spacial score (nSPS) is 13.0. The van der Waals surface area contributed by atoms with Crippen molar-refractivity contribution >= 4 is 16.7 Å². The van der Waals surface area contributed by atoms with Gasteiger partial charge in [-0.1, -0.05) is 11.6 Å².